The molecule has 124 valence electrons. The minimum atomic E-state index is -3.89. The zero-order valence-corrected chi connectivity index (χ0v) is 14.4. The summed E-state index contributed by atoms with van der Waals surface area (Å²) in [6.45, 7) is 0.926. The van der Waals surface area contributed by atoms with Gasteiger partial charge in [-0.2, -0.15) is 0 Å². The van der Waals surface area contributed by atoms with Gasteiger partial charge in [0.1, 0.15) is 6.61 Å². The Kier molecular flexibility index (Phi) is 6.54. The zero-order chi connectivity index (χ0) is 16.7. The largest absolute Gasteiger partial charge is 0.466 e. The van der Waals surface area contributed by atoms with Gasteiger partial charge in [0.05, 0.1) is 0 Å². The lowest BCUT2D eigenvalue weighted by Crippen LogP contribution is -2.25. The smallest absolute Gasteiger partial charge is 0.325 e. The molecule has 0 aliphatic carbocycles. The highest BCUT2D eigenvalue weighted by Crippen LogP contribution is 2.35. The fourth-order valence-corrected chi connectivity index (χ4v) is 2.96. The van der Waals surface area contributed by atoms with Crippen molar-refractivity contribution in [1.82, 2.24) is 5.32 Å². The number of benzene rings is 2. The first-order valence-corrected chi connectivity index (χ1v) is 9.57. The number of thiocarbonyl (C=S) groups is 1. The summed E-state index contributed by atoms with van der Waals surface area (Å²) in [6, 6.07) is 14.2. The summed E-state index contributed by atoms with van der Waals surface area (Å²) in [5, 5.41) is 5.57. The molecule has 0 aromatic heterocycles. The normalized spacial score (nSPS) is 11.4. The molecule has 0 unspecified atom stereocenters. The third-order valence-electron chi connectivity index (χ3n) is 3.33. The molecule has 0 spiro atoms. The van der Waals surface area contributed by atoms with Crippen LogP contribution in [0.2, 0.25) is 0 Å². The first-order chi connectivity index (χ1) is 10.9. The van der Waals surface area contributed by atoms with E-state index < -0.39 is 7.60 Å². The van der Waals surface area contributed by atoms with Crippen molar-refractivity contribution in [3.8, 4) is 0 Å². The molecular formula is C16H20NO4PS. The van der Waals surface area contributed by atoms with Gasteiger partial charge in [-0.25, -0.2) is 0 Å². The molecule has 3 N–H and O–H groups in total. The minimum Gasteiger partial charge on any atom is -0.466 e. The van der Waals surface area contributed by atoms with Crippen LogP contribution < -0.4 is 5.32 Å². The molecule has 0 amide bonds. The van der Waals surface area contributed by atoms with Gasteiger partial charge in [-0.3, -0.25) is 4.57 Å². The van der Waals surface area contributed by atoms with E-state index in [1.165, 1.54) is 5.39 Å². The molecule has 0 saturated heterocycles. The molecule has 0 saturated carbocycles. The molecule has 23 heavy (non-hydrogen) atoms. The second-order valence-electron chi connectivity index (χ2n) is 5.28. The first-order valence-electron chi connectivity index (χ1n) is 7.37. The molecule has 0 heterocycles. The van der Waals surface area contributed by atoms with Crippen LogP contribution in [-0.4, -0.2) is 27.7 Å². The minimum absolute atomic E-state index is 0.0978. The predicted molar refractivity (Wildman–Crippen MR) is 95.5 cm³/mol. The fraction of sp³-hybridized carbons (Fsp3) is 0.312. The van der Waals surface area contributed by atoms with Gasteiger partial charge in [0, 0.05) is 12.7 Å². The van der Waals surface area contributed by atoms with Crippen LogP contribution in [0.15, 0.2) is 42.5 Å². The van der Waals surface area contributed by atoms with Crippen LogP contribution in [0.5, 0.6) is 0 Å². The van der Waals surface area contributed by atoms with Crippen LogP contribution >= 0.6 is 19.8 Å². The monoisotopic (exact) mass is 353 g/mol. The second-order valence-corrected chi connectivity index (χ2v) is 7.43. The molecule has 2 aromatic carbocycles. The molecule has 0 atom stereocenters. The zero-order valence-electron chi connectivity index (χ0n) is 12.6. The van der Waals surface area contributed by atoms with Crippen molar-refractivity contribution < 1.29 is 19.1 Å². The molecule has 2 rings (SSSR count). The van der Waals surface area contributed by atoms with Gasteiger partial charge < -0.3 is 19.8 Å². The van der Waals surface area contributed by atoms with Crippen molar-refractivity contribution in [2.24, 2.45) is 0 Å². The molecule has 0 fully saturated rings. The van der Waals surface area contributed by atoms with Gasteiger partial charge in [0.2, 0.25) is 0 Å². The van der Waals surface area contributed by atoms with Crippen molar-refractivity contribution in [2.75, 3.05) is 12.7 Å². The van der Waals surface area contributed by atoms with E-state index in [2.05, 4.69) is 23.5 Å². The lowest BCUT2D eigenvalue weighted by Gasteiger charge is -2.10. The van der Waals surface area contributed by atoms with Crippen molar-refractivity contribution in [2.45, 2.75) is 19.4 Å². The van der Waals surface area contributed by atoms with Gasteiger partial charge in [-0.15, -0.1) is 0 Å². The van der Waals surface area contributed by atoms with Crippen molar-refractivity contribution >= 4 is 35.8 Å². The number of rotatable bonds is 7. The Morgan fingerprint density at radius 3 is 2.61 bits per heavy atom. The summed E-state index contributed by atoms with van der Waals surface area (Å²) < 4.78 is 16.2. The van der Waals surface area contributed by atoms with E-state index in [-0.39, 0.29) is 6.16 Å². The Morgan fingerprint density at radius 1 is 1.13 bits per heavy atom. The maximum Gasteiger partial charge on any atom is 0.325 e. The third-order valence-corrected chi connectivity index (χ3v) is 4.49. The molecule has 5 nitrogen and oxygen atoms in total. The Labute approximate surface area is 140 Å². The van der Waals surface area contributed by atoms with Crippen LogP contribution in [-0.2, 0) is 15.9 Å². The second kappa shape index (κ2) is 8.41. The molecule has 0 aliphatic rings. The fourth-order valence-electron chi connectivity index (χ4n) is 2.16. The highest BCUT2D eigenvalue weighted by molar-refractivity contribution is 7.80. The highest BCUT2D eigenvalue weighted by Gasteiger charge is 2.11. The summed E-state index contributed by atoms with van der Waals surface area (Å²) in [5.74, 6) is 0. The van der Waals surface area contributed by atoms with E-state index in [0.29, 0.717) is 31.2 Å². The van der Waals surface area contributed by atoms with Crippen LogP contribution in [0, 0.1) is 0 Å². The Hall–Kier alpha value is -1.46. The molecule has 0 aliphatic heterocycles. The molecule has 7 heteroatoms. The summed E-state index contributed by atoms with van der Waals surface area (Å²) >= 11 is 5.09. The van der Waals surface area contributed by atoms with Crippen LogP contribution in [0.25, 0.3) is 10.8 Å². The Bertz CT molecular complexity index is 716. The van der Waals surface area contributed by atoms with Crippen LogP contribution in [0.3, 0.4) is 0 Å². The maximum atomic E-state index is 10.7. The van der Waals surface area contributed by atoms with E-state index in [1.54, 1.807) is 0 Å². The average Bonchev–Trinajstić information content (AvgIpc) is 2.51. The van der Waals surface area contributed by atoms with Gasteiger partial charge in [0.15, 0.2) is 0 Å². The molecular weight excluding hydrogens is 333 g/mol. The summed E-state index contributed by atoms with van der Waals surface area (Å²) in [5.41, 5.74) is 1.04. The van der Waals surface area contributed by atoms with Gasteiger partial charge >= 0.3 is 7.60 Å². The lowest BCUT2D eigenvalue weighted by atomic mass is 10.1. The summed E-state index contributed by atoms with van der Waals surface area (Å²) in [7, 11) is -3.89. The van der Waals surface area contributed by atoms with E-state index in [1.807, 2.05) is 24.3 Å². The van der Waals surface area contributed by atoms with E-state index in [9.17, 15) is 4.57 Å². The molecule has 2 aromatic rings. The number of fused-ring (bicyclic) bond motifs is 1. The predicted octanol–water partition coefficient (Wildman–Crippen LogP) is 3.19. The molecule has 0 radical (unpaired) electrons. The van der Waals surface area contributed by atoms with E-state index in [0.717, 1.165) is 10.9 Å². The number of ether oxygens (including phenoxy) is 1. The SMILES string of the molecule is O=P(O)(O)CCCCNC(=S)OCc1ccc2ccccc2c1. The van der Waals surface area contributed by atoms with Gasteiger partial charge in [-0.05, 0) is 47.5 Å². The van der Waals surface area contributed by atoms with E-state index in [4.69, 9.17) is 26.7 Å². The summed E-state index contributed by atoms with van der Waals surface area (Å²) in [6.07, 6.45) is 0.981. The summed E-state index contributed by atoms with van der Waals surface area (Å²) in [4.78, 5) is 17.5. The van der Waals surface area contributed by atoms with Crippen LogP contribution in [0.4, 0.5) is 0 Å². The highest BCUT2D eigenvalue weighted by atomic mass is 32.1. The molecule has 0 bridgehead atoms. The van der Waals surface area contributed by atoms with Crippen molar-refractivity contribution in [1.29, 1.82) is 0 Å². The van der Waals surface area contributed by atoms with Gasteiger partial charge in [-0.1, -0.05) is 36.4 Å². The lowest BCUT2D eigenvalue weighted by molar-refractivity contribution is 0.286. The van der Waals surface area contributed by atoms with Crippen molar-refractivity contribution in [3.63, 3.8) is 0 Å². The number of nitrogens with one attached hydrogen (secondary N) is 1. The average molecular weight is 353 g/mol. The quantitative estimate of drug-likeness (QED) is 0.403. The number of hydrogen-bond acceptors (Lipinski definition) is 3. The number of unbranched alkanes of at least 4 members (excludes halogenated alkanes) is 1. The van der Waals surface area contributed by atoms with E-state index >= 15 is 0 Å². The topological polar surface area (TPSA) is 78.8 Å². The van der Waals surface area contributed by atoms with Crippen molar-refractivity contribution in [3.05, 3.63) is 48.0 Å². The first kappa shape index (κ1) is 17.9. The Morgan fingerprint density at radius 2 is 1.87 bits per heavy atom. The van der Waals surface area contributed by atoms with Gasteiger partial charge in [0.25, 0.3) is 5.17 Å². The maximum absolute atomic E-state index is 10.7. The van der Waals surface area contributed by atoms with Crippen LogP contribution in [0.1, 0.15) is 18.4 Å². The number of hydrogen-bond donors (Lipinski definition) is 3. The Balaban J connectivity index is 1.70. The third kappa shape index (κ3) is 6.67. The standard InChI is InChI=1S/C16H20NO4PS/c18-22(19,20)10-4-3-9-17-16(23)21-12-13-7-8-14-5-1-2-6-15(14)11-13/h1-2,5-8,11H,3-4,9-10,12H2,(H,17,23)(H2,18,19,20).